The van der Waals surface area contributed by atoms with E-state index in [-0.39, 0.29) is 18.5 Å². The van der Waals surface area contributed by atoms with Gasteiger partial charge in [0.2, 0.25) is 5.91 Å². The number of nitrogens with zero attached hydrogens (tertiary/aromatic N) is 2. The van der Waals surface area contributed by atoms with Crippen molar-refractivity contribution >= 4 is 17.5 Å². The van der Waals surface area contributed by atoms with Gasteiger partial charge in [0.25, 0.3) is 0 Å². The van der Waals surface area contributed by atoms with E-state index in [1.165, 1.54) is 0 Å². The number of benzene rings is 1. The van der Waals surface area contributed by atoms with Gasteiger partial charge in [0.1, 0.15) is 6.54 Å². The summed E-state index contributed by atoms with van der Waals surface area (Å²) in [7, 11) is 0. The first-order valence-electron chi connectivity index (χ1n) is 7.59. The highest BCUT2D eigenvalue weighted by Gasteiger charge is 2.18. The molecule has 5 nitrogen and oxygen atoms in total. The lowest BCUT2D eigenvalue weighted by atomic mass is 10.0. The molecule has 0 fully saturated rings. The van der Waals surface area contributed by atoms with Gasteiger partial charge in [-0.05, 0) is 26.3 Å². The Morgan fingerprint density at radius 2 is 2.00 bits per heavy atom. The van der Waals surface area contributed by atoms with Gasteiger partial charge in [0, 0.05) is 6.42 Å². The predicted molar refractivity (Wildman–Crippen MR) is 90.5 cm³/mol. The van der Waals surface area contributed by atoms with Crippen molar-refractivity contribution in [3.63, 3.8) is 0 Å². The molecular formula is C17H22ClN3O2. The lowest BCUT2D eigenvalue weighted by molar-refractivity contribution is -0.123. The van der Waals surface area contributed by atoms with Crippen molar-refractivity contribution in [2.45, 2.75) is 45.9 Å². The predicted octanol–water partition coefficient (Wildman–Crippen LogP) is 2.26. The average molecular weight is 336 g/mol. The number of carbonyl (C=O) groups excluding carboxylic acids is 1. The van der Waals surface area contributed by atoms with Crippen LogP contribution in [0.4, 0.5) is 0 Å². The zero-order valence-corrected chi connectivity index (χ0v) is 14.3. The van der Waals surface area contributed by atoms with Gasteiger partial charge in [-0.3, -0.25) is 9.48 Å². The molecule has 0 aliphatic rings. The molecule has 0 saturated carbocycles. The number of aryl methyl sites for hydroxylation is 1. The van der Waals surface area contributed by atoms with Crippen molar-refractivity contribution in [2.75, 3.05) is 0 Å². The van der Waals surface area contributed by atoms with E-state index in [0.717, 1.165) is 11.3 Å². The van der Waals surface area contributed by atoms with Gasteiger partial charge in [-0.25, -0.2) is 0 Å². The van der Waals surface area contributed by atoms with Crippen LogP contribution in [0.15, 0.2) is 30.3 Å². The number of aliphatic hydroxyl groups excluding tert-OH is 1. The van der Waals surface area contributed by atoms with Crippen LogP contribution in [0.1, 0.15) is 23.9 Å². The molecule has 0 saturated heterocycles. The quantitative estimate of drug-likeness (QED) is 0.851. The first-order chi connectivity index (χ1) is 10.9. The van der Waals surface area contributed by atoms with E-state index in [4.69, 9.17) is 11.6 Å². The Morgan fingerprint density at radius 1 is 1.35 bits per heavy atom. The van der Waals surface area contributed by atoms with E-state index < -0.39 is 6.10 Å². The van der Waals surface area contributed by atoms with E-state index in [1.54, 1.807) is 18.5 Å². The molecule has 1 heterocycles. The molecule has 0 spiro atoms. The molecule has 1 amide bonds. The molecule has 0 aliphatic heterocycles. The zero-order chi connectivity index (χ0) is 17.0. The number of carbonyl (C=O) groups is 1. The second kappa shape index (κ2) is 7.62. The summed E-state index contributed by atoms with van der Waals surface area (Å²) < 4.78 is 1.57. The Bertz CT molecular complexity index is 670. The van der Waals surface area contributed by atoms with Crippen molar-refractivity contribution in [3.05, 3.63) is 52.3 Å². The Hall–Kier alpha value is -1.85. The van der Waals surface area contributed by atoms with Crippen molar-refractivity contribution in [1.29, 1.82) is 0 Å². The first kappa shape index (κ1) is 17.5. The fourth-order valence-corrected chi connectivity index (χ4v) is 2.53. The maximum Gasteiger partial charge on any atom is 0.242 e. The van der Waals surface area contributed by atoms with E-state index in [1.807, 2.05) is 37.3 Å². The third-order valence-corrected chi connectivity index (χ3v) is 4.39. The normalized spacial score (nSPS) is 13.6. The van der Waals surface area contributed by atoms with E-state index in [0.29, 0.717) is 17.1 Å². The van der Waals surface area contributed by atoms with Gasteiger partial charge >= 0.3 is 0 Å². The standard InChI is InChI=1S/C17H22ClN3O2/c1-11(15(22)9-14-7-5-4-6-8-14)19-16(23)10-21-13(3)17(18)12(2)20-21/h4-8,11,15,22H,9-10H2,1-3H3,(H,19,23). The van der Waals surface area contributed by atoms with Gasteiger partial charge in [0.15, 0.2) is 0 Å². The minimum absolute atomic E-state index is 0.0851. The molecule has 6 heteroatoms. The number of halogens is 1. The molecule has 1 aromatic carbocycles. The molecule has 124 valence electrons. The third-order valence-electron chi connectivity index (χ3n) is 3.84. The fraction of sp³-hybridized carbons (Fsp3) is 0.412. The fourth-order valence-electron chi connectivity index (χ4n) is 2.39. The average Bonchev–Trinajstić information content (AvgIpc) is 2.75. The Kier molecular flexibility index (Phi) is 5.80. The van der Waals surface area contributed by atoms with Crippen LogP contribution in [-0.4, -0.2) is 32.9 Å². The van der Waals surface area contributed by atoms with Gasteiger partial charge in [0.05, 0.1) is 28.6 Å². The maximum absolute atomic E-state index is 12.1. The third kappa shape index (κ3) is 4.56. The summed E-state index contributed by atoms with van der Waals surface area (Å²) >= 11 is 6.07. The van der Waals surface area contributed by atoms with Crippen LogP contribution in [0.2, 0.25) is 5.02 Å². The highest BCUT2D eigenvalue weighted by molar-refractivity contribution is 6.31. The number of hydrogen-bond acceptors (Lipinski definition) is 3. The first-order valence-corrected chi connectivity index (χ1v) is 7.97. The molecule has 1 aromatic heterocycles. The van der Waals surface area contributed by atoms with Crippen LogP contribution in [-0.2, 0) is 17.8 Å². The summed E-state index contributed by atoms with van der Waals surface area (Å²) in [5.41, 5.74) is 2.50. The van der Waals surface area contributed by atoms with Gasteiger partial charge in [-0.1, -0.05) is 41.9 Å². The summed E-state index contributed by atoms with van der Waals surface area (Å²) in [4.78, 5) is 12.1. The minimum atomic E-state index is -0.648. The number of hydrogen-bond donors (Lipinski definition) is 2. The second-order valence-corrected chi connectivity index (χ2v) is 6.13. The highest BCUT2D eigenvalue weighted by Crippen LogP contribution is 2.18. The van der Waals surface area contributed by atoms with Crippen LogP contribution < -0.4 is 5.32 Å². The summed E-state index contributed by atoms with van der Waals surface area (Å²) in [6.45, 7) is 5.50. The monoisotopic (exact) mass is 335 g/mol. The number of aliphatic hydroxyl groups is 1. The van der Waals surface area contributed by atoms with Crippen molar-refractivity contribution < 1.29 is 9.90 Å². The van der Waals surface area contributed by atoms with E-state index >= 15 is 0 Å². The van der Waals surface area contributed by atoms with Crippen LogP contribution >= 0.6 is 11.6 Å². The smallest absolute Gasteiger partial charge is 0.242 e. The molecule has 0 bridgehead atoms. The van der Waals surface area contributed by atoms with Crippen molar-refractivity contribution in [3.8, 4) is 0 Å². The summed E-state index contributed by atoms with van der Waals surface area (Å²) in [6, 6.07) is 9.34. The SMILES string of the molecule is Cc1nn(CC(=O)NC(C)C(O)Cc2ccccc2)c(C)c1Cl. The summed E-state index contributed by atoms with van der Waals surface area (Å²) in [5.74, 6) is -0.202. The van der Waals surface area contributed by atoms with Gasteiger partial charge in [-0.2, -0.15) is 5.10 Å². The van der Waals surface area contributed by atoms with Gasteiger partial charge in [-0.15, -0.1) is 0 Å². The van der Waals surface area contributed by atoms with Crippen molar-refractivity contribution in [1.82, 2.24) is 15.1 Å². The number of rotatable bonds is 6. The zero-order valence-electron chi connectivity index (χ0n) is 13.6. The van der Waals surface area contributed by atoms with Crippen molar-refractivity contribution in [2.24, 2.45) is 0 Å². The Labute approximate surface area is 141 Å². The largest absolute Gasteiger partial charge is 0.391 e. The molecule has 23 heavy (non-hydrogen) atoms. The second-order valence-electron chi connectivity index (χ2n) is 5.76. The lowest BCUT2D eigenvalue weighted by Crippen LogP contribution is -2.43. The molecule has 0 aliphatic carbocycles. The van der Waals surface area contributed by atoms with E-state index in [2.05, 4.69) is 10.4 Å². The topological polar surface area (TPSA) is 67.2 Å². The number of amides is 1. The molecule has 2 N–H and O–H groups in total. The highest BCUT2D eigenvalue weighted by atomic mass is 35.5. The van der Waals surface area contributed by atoms with E-state index in [9.17, 15) is 9.90 Å². The number of nitrogens with one attached hydrogen (secondary N) is 1. The minimum Gasteiger partial charge on any atom is -0.391 e. The van der Waals surface area contributed by atoms with Gasteiger partial charge < -0.3 is 10.4 Å². The summed E-state index contributed by atoms with van der Waals surface area (Å²) in [6.07, 6.45) is -0.154. The Balaban J connectivity index is 1.90. The lowest BCUT2D eigenvalue weighted by Gasteiger charge is -2.20. The van der Waals surface area contributed by atoms with Crippen LogP contribution in [0.5, 0.6) is 0 Å². The molecule has 2 aromatic rings. The molecule has 2 unspecified atom stereocenters. The summed E-state index contributed by atoms with van der Waals surface area (Å²) in [5, 5.41) is 17.9. The molecular weight excluding hydrogens is 314 g/mol. The maximum atomic E-state index is 12.1. The van der Waals surface area contributed by atoms with Crippen LogP contribution in [0.3, 0.4) is 0 Å². The molecule has 2 atom stereocenters. The van der Waals surface area contributed by atoms with Crippen LogP contribution in [0, 0.1) is 13.8 Å². The van der Waals surface area contributed by atoms with Crippen LogP contribution in [0.25, 0.3) is 0 Å². The Morgan fingerprint density at radius 3 is 2.57 bits per heavy atom. The molecule has 2 rings (SSSR count). The molecule has 0 radical (unpaired) electrons. The number of aromatic nitrogens is 2.